The number of rotatable bonds is 2. The average Bonchev–Trinajstić information content (AvgIpc) is 2.72. The average molecular weight is 249 g/mol. The first kappa shape index (κ1) is 11.7. The molecule has 0 atom stereocenters. The van der Waals surface area contributed by atoms with Gasteiger partial charge in [0.1, 0.15) is 0 Å². The maximum Gasteiger partial charge on any atom is 0.289 e. The van der Waals surface area contributed by atoms with E-state index in [0.717, 1.165) is 39.3 Å². The van der Waals surface area contributed by atoms with Gasteiger partial charge < -0.3 is 14.6 Å². The number of hydrogen-bond acceptors (Lipinski definition) is 4. The lowest BCUT2D eigenvalue weighted by molar-refractivity contribution is 0.0259. The number of hydrogen-bond donors (Lipinski definition) is 1. The van der Waals surface area contributed by atoms with E-state index in [1.165, 1.54) is 6.42 Å². The minimum Gasteiger partial charge on any atom is -0.459 e. The predicted molar refractivity (Wildman–Crippen MR) is 67.5 cm³/mol. The Labute approximate surface area is 107 Å². The summed E-state index contributed by atoms with van der Waals surface area (Å²) in [7, 11) is 0. The van der Waals surface area contributed by atoms with E-state index < -0.39 is 0 Å². The molecule has 0 bridgehead atoms. The maximum atomic E-state index is 12.0. The van der Waals surface area contributed by atoms with Crippen LogP contribution in [0.25, 0.3) is 0 Å². The van der Waals surface area contributed by atoms with E-state index in [2.05, 4.69) is 10.2 Å². The molecule has 3 rings (SSSR count). The zero-order valence-corrected chi connectivity index (χ0v) is 10.5. The van der Waals surface area contributed by atoms with Crippen molar-refractivity contribution in [2.45, 2.75) is 12.5 Å². The second kappa shape index (κ2) is 5.12. The van der Waals surface area contributed by atoms with Crippen LogP contribution in [-0.4, -0.2) is 61.0 Å². The molecule has 1 amide bonds. The lowest BCUT2D eigenvalue weighted by Gasteiger charge is -2.44. The molecule has 1 aromatic heterocycles. The zero-order valence-electron chi connectivity index (χ0n) is 10.5. The van der Waals surface area contributed by atoms with E-state index >= 15 is 0 Å². The molecule has 5 heteroatoms. The third-order valence-corrected chi connectivity index (χ3v) is 3.77. The zero-order chi connectivity index (χ0) is 12.4. The fraction of sp³-hybridized carbons (Fsp3) is 0.615. The largest absolute Gasteiger partial charge is 0.459 e. The molecule has 2 aliphatic heterocycles. The molecule has 18 heavy (non-hydrogen) atoms. The van der Waals surface area contributed by atoms with Crippen molar-refractivity contribution in [3.63, 3.8) is 0 Å². The van der Waals surface area contributed by atoms with E-state index in [0.29, 0.717) is 11.8 Å². The molecule has 2 aliphatic rings. The first-order chi connectivity index (χ1) is 8.84. The first-order valence-electron chi connectivity index (χ1n) is 6.62. The lowest BCUT2D eigenvalue weighted by Crippen LogP contribution is -2.61. The van der Waals surface area contributed by atoms with Crippen LogP contribution >= 0.6 is 0 Å². The van der Waals surface area contributed by atoms with Crippen LogP contribution in [0.5, 0.6) is 0 Å². The highest BCUT2D eigenvalue weighted by Crippen LogP contribution is 2.18. The third-order valence-electron chi connectivity index (χ3n) is 3.77. The van der Waals surface area contributed by atoms with Crippen LogP contribution in [0, 0.1) is 0 Å². The van der Waals surface area contributed by atoms with Crippen LogP contribution in [0.3, 0.4) is 0 Å². The number of carbonyl (C=O) groups excluding carboxylic acids is 1. The summed E-state index contributed by atoms with van der Waals surface area (Å²) in [6.07, 6.45) is 2.74. The highest BCUT2D eigenvalue weighted by Gasteiger charge is 2.35. The van der Waals surface area contributed by atoms with Gasteiger partial charge in [-0.2, -0.15) is 0 Å². The van der Waals surface area contributed by atoms with Gasteiger partial charge in [-0.15, -0.1) is 0 Å². The summed E-state index contributed by atoms with van der Waals surface area (Å²) in [5.74, 6) is 0.468. The Balaban J connectivity index is 1.52. The van der Waals surface area contributed by atoms with Crippen molar-refractivity contribution < 1.29 is 9.21 Å². The summed E-state index contributed by atoms with van der Waals surface area (Å²) < 4.78 is 5.14. The van der Waals surface area contributed by atoms with E-state index in [1.54, 1.807) is 18.4 Å². The van der Waals surface area contributed by atoms with Gasteiger partial charge in [0.2, 0.25) is 0 Å². The Bertz CT molecular complexity index is 390. The summed E-state index contributed by atoms with van der Waals surface area (Å²) in [5, 5.41) is 3.40. The molecular formula is C13H19N3O2. The van der Waals surface area contributed by atoms with Gasteiger partial charge in [0, 0.05) is 32.2 Å². The Morgan fingerprint density at radius 3 is 3.00 bits per heavy atom. The molecule has 2 saturated heterocycles. The Morgan fingerprint density at radius 2 is 2.22 bits per heavy atom. The number of amides is 1. The van der Waals surface area contributed by atoms with Gasteiger partial charge in [-0.3, -0.25) is 9.69 Å². The van der Waals surface area contributed by atoms with Crippen molar-refractivity contribution >= 4 is 5.91 Å². The van der Waals surface area contributed by atoms with Crippen LogP contribution in [0.4, 0.5) is 0 Å². The minimum atomic E-state index is 0.0178. The SMILES string of the molecule is O=C(c1ccco1)N1CC(N2CCCNCC2)C1. The predicted octanol–water partition coefficient (Wildman–Crippen LogP) is 0.399. The number of carbonyl (C=O) groups is 1. The molecule has 1 aromatic rings. The van der Waals surface area contributed by atoms with Crippen molar-refractivity contribution in [2.24, 2.45) is 0 Å². The van der Waals surface area contributed by atoms with E-state index in [4.69, 9.17) is 4.42 Å². The van der Waals surface area contributed by atoms with Crippen LogP contribution in [0.2, 0.25) is 0 Å². The monoisotopic (exact) mass is 249 g/mol. The minimum absolute atomic E-state index is 0.0178. The van der Waals surface area contributed by atoms with Crippen molar-refractivity contribution in [3.05, 3.63) is 24.2 Å². The summed E-state index contributed by atoms with van der Waals surface area (Å²) >= 11 is 0. The number of furan rings is 1. The summed E-state index contributed by atoms with van der Waals surface area (Å²) in [5.41, 5.74) is 0. The normalized spacial score (nSPS) is 22.6. The molecule has 0 aromatic carbocycles. The van der Waals surface area contributed by atoms with Gasteiger partial charge in [-0.1, -0.05) is 0 Å². The standard InChI is InChI=1S/C13H19N3O2/c17-13(12-3-1-8-18-12)16-9-11(10-16)15-6-2-4-14-5-7-15/h1,3,8,11,14H,2,4-7,9-10H2. The molecule has 3 heterocycles. The smallest absolute Gasteiger partial charge is 0.289 e. The number of nitrogens with zero attached hydrogens (tertiary/aromatic N) is 2. The lowest BCUT2D eigenvalue weighted by atomic mass is 10.1. The van der Waals surface area contributed by atoms with E-state index in [9.17, 15) is 4.79 Å². The summed E-state index contributed by atoms with van der Waals surface area (Å²) in [4.78, 5) is 16.3. The molecule has 1 N–H and O–H groups in total. The second-order valence-electron chi connectivity index (χ2n) is 4.98. The van der Waals surface area contributed by atoms with E-state index in [-0.39, 0.29) is 5.91 Å². The summed E-state index contributed by atoms with van der Waals surface area (Å²) in [6.45, 7) is 6.06. The second-order valence-corrected chi connectivity index (χ2v) is 4.98. The van der Waals surface area contributed by atoms with Crippen molar-refractivity contribution in [2.75, 3.05) is 39.3 Å². The van der Waals surface area contributed by atoms with Gasteiger partial charge >= 0.3 is 0 Å². The molecule has 0 radical (unpaired) electrons. The fourth-order valence-corrected chi connectivity index (χ4v) is 2.64. The number of likely N-dealkylation sites (tertiary alicyclic amines) is 1. The van der Waals surface area contributed by atoms with Crippen LogP contribution in [0.1, 0.15) is 17.0 Å². The highest BCUT2D eigenvalue weighted by molar-refractivity contribution is 5.92. The quantitative estimate of drug-likeness (QED) is 0.824. The molecule has 98 valence electrons. The van der Waals surface area contributed by atoms with Crippen molar-refractivity contribution in [1.29, 1.82) is 0 Å². The molecule has 0 saturated carbocycles. The maximum absolute atomic E-state index is 12.0. The van der Waals surface area contributed by atoms with Crippen LogP contribution < -0.4 is 5.32 Å². The molecule has 0 aliphatic carbocycles. The Hall–Kier alpha value is -1.33. The van der Waals surface area contributed by atoms with Gasteiger partial charge in [-0.25, -0.2) is 0 Å². The fourth-order valence-electron chi connectivity index (χ4n) is 2.64. The first-order valence-corrected chi connectivity index (χ1v) is 6.62. The molecular weight excluding hydrogens is 230 g/mol. The topological polar surface area (TPSA) is 48.7 Å². The molecule has 5 nitrogen and oxygen atoms in total. The number of nitrogens with one attached hydrogen (secondary N) is 1. The van der Waals surface area contributed by atoms with Gasteiger partial charge in [0.25, 0.3) is 5.91 Å². The Morgan fingerprint density at radius 1 is 1.33 bits per heavy atom. The van der Waals surface area contributed by atoms with Crippen LogP contribution in [-0.2, 0) is 0 Å². The summed E-state index contributed by atoms with van der Waals surface area (Å²) in [6, 6.07) is 4.01. The van der Waals surface area contributed by atoms with Crippen molar-refractivity contribution in [3.8, 4) is 0 Å². The van der Waals surface area contributed by atoms with Crippen LogP contribution in [0.15, 0.2) is 22.8 Å². The van der Waals surface area contributed by atoms with Gasteiger partial charge in [0.05, 0.1) is 6.26 Å². The third kappa shape index (κ3) is 2.28. The van der Waals surface area contributed by atoms with Crippen molar-refractivity contribution in [1.82, 2.24) is 15.1 Å². The Kier molecular flexibility index (Phi) is 3.34. The van der Waals surface area contributed by atoms with Gasteiger partial charge in [0.15, 0.2) is 5.76 Å². The van der Waals surface area contributed by atoms with E-state index in [1.807, 2.05) is 4.90 Å². The highest BCUT2D eigenvalue weighted by atomic mass is 16.3. The molecule has 0 spiro atoms. The van der Waals surface area contributed by atoms with Gasteiger partial charge in [-0.05, 0) is 31.6 Å². The molecule has 2 fully saturated rings. The molecule has 0 unspecified atom stereocenters.